The molecule has 0 radical (unpaired) electrons. The van der Waals surface area contributed by atoms with Gasteiger partial charge in [-0.3, -0.25) is 4.99 Å². The molecular formula is C32H49N3O2. The molecule has 204 valence electrons. The van der Waals surface area contributed by atoms with Gasteiger partial charge in [0.2, 0.25) is 0 Å². The van der Waals surface area contributed by atoms with Crippen molar-refractivity contribution in [2.45, 2.75) is 116 Å². The number of carbonyl (C=O) groups is 1. The number of hydrogen-bond acceptors (Lipinski definition) is 4. The Morgan fingerprint density at radius 3 is 2.11 bits per heavy atom. The average Bonchev–Trinajstić information content (AvgIpc) is 2.89. The van der Waals surface area contributed by atoms with Crippen LogP contribution in [0.1, 0.15) is 110 Å². The summed E-state index contributed by atoms with van der Waals surface area (Å²) in [5.74, 6) is 0. The lowest BCUT2D eigenvalue weighted by atomic mass is 10.0. The first-order valence-corrected chi connectivity index (χ1v) is 14.8. The Bertz CT molecular complexity index is 1080. The molecule has 3 rings (SSSR count). The van der Waals surface area contributed by atoms with E-state index in [1.807, 2.05) is 25.1 Å². The van der Waals surface area contributed by atoms with Gasteiger partial charge < -0.3 is 15.4 Å². The molecule has 0 fully saturated rings. The second kappa shape index (κ2) is 15.6. The standard InChI is InChI=1S/C32H49N3O2/c1-4-5-6-7-8-9-10-11-12-13-14-15-16-17-18-24-33-31(36)37-25-32(3)34-28-21-19-20-27-23-22-26(2)30(35-32)29(27)28/h19-23,34H,2,4-18,24-25H2,1,3H3,(H,33,36). The summed E-state index contributed by atoms with van der Waals surface area (Å²) in [7, 11) is 0. The van der Waals surface area contributed by atoms with Crippen molar-refractivity contribution in [2.75, 3.05) is 18.5 Å². The zero-order valence-electron chi connectivity index (χ0n) is 23.4. The fraction of sp³-hybridized carbons (Fsp3) is 0.625. The van der Waals surface area contributed by atoms with E-state index in [-0.39, 0.29) is 12.7 Å². The van der Waals surface area contributed by atoms with Crippen molar-refractivity contribution in [2.24, 2.45) is 4.99 Å². The number of alkyl carbamates (subject to hydrolysis) is 1. The van der Waals surface area contributed by atoms with Crippen molar-refractivity contribution in [3.63, 3.8) is 0 Å². The van der Waals surface area contributed by atoms with Gasteiger partial charge >= 0.3 is 6.09 Å². The number of unbranched alkanes of at least 4 members (excludes halogenated alkanes) is 14. The molecular weight excluding hydrogens is 458 g/mol. The van der Waals surface area contributed by atoms with Crippen LogP contribution in [0, 0.1) is 0 Å². The molecule has 0 aliphatic carbocycles. The summed E-state index contributed by atoms with van der Waals surface area (Å²) in [4.78, 5) is 17.1. The van der Waals surface area contributed by atoms with Gasteiger partial charge in [-0.1, -0.05) is 128 Å². The van der Waals surface area contributed by atoms with E-state index in [1.54, 1.807) is 0 Å². The highest BCUT2D eigenvalue weighted by Gasteiger charge is 2.29. The number of anilines is 1. The Morgan fingerprint density at radius 2 is 1.49 bits per heavy atom. The number of ether oxygens (including phenoxy) is 1. The van der Waals surface area contributed by atoms with Gasteiger partial charge in [0.05, 0.1) is 5.36 Å². The Morgan fingerprint density at radius 1 is 0.892 bits per heavy atom. The zero-order chi connectivity index (χ0) is 26.3. The molecule has 1 atom stereocenters. The highest BCUT2D eigenvalue weighted by molar-refractivity contribution is 5.94. The first-order chi connectivity index (χ1) is 18.0. The molecule has 1 heterocycles. The fourth-order valence-electron chi connectivity index (χ4n) is 5.21. The zero-order valence-corrected chi connectivity index (χ0v) is 23.4. The number of amides is 1. The van der Waals surface area contributed by atoms with Crippen LogP contribution >= 0.6 is 0 Å². The topological polar surface area (TPSA) is 62.7 Å². The van der Waals surface area contributed by atoms with Crippen LogP contribution in [-0.4, -0.2) is 24.9 Å². The predicted molar refractivity (Wildman–Crippen MR) is 157 cm³/mol. The van der Waals surface area contributed by atoms with Gasteiger partial charge in [-0.05, 0) is 30.0 Å². The maximum Gasteiger partial charge on any atom is 0.407 e. The lowest BCUT2D eigenvalue weighted by Gasteiger charge is -2.31. The minimum atomic E-state index is -0.721. The van der Waals surface area contributed by atoms with Crippen LogP contribution in [-0.2, 0) is 4.74 Å². The van der Waals surface area contributed by atoms with Crippen molar-refractivity contribution in [1.82, 2.24) is 5.32 Å². The second-order valence-electron chi connectivity index (χ2n) is 10.9. The van der Waals surface area contributed by atoms with Gasteiger partial charge in [-0.15, -0.1) is 0 Å². The van der Waals surface area contributed by atoms with Gasteiger partial charge in [0.1, 0.15) is 6.61 Å². The second-order valence-corrected chi connectivity index (χ2v) is 10.9. The number of hydrogen-bond donors (Lipinski definition) is 2. The highest BCUT2D eigenvalue weighted by atomic mass is 16.5. The molecule has 0 aromatic heterocycles. The molecule has 2 N–H and O–H groups in total. The molecule has 1 unspecified atom stereocenters. The van der Waals surface area contributed by atoms with Crippen molar-refractivity contribution in [3.8, 4) is 0 Å². The minimum Gasteiger partial charge on any atom is -0.445 e. The third kappa shape index (κ3) is 9.68. The Hall–Kier alpha value is -2.56. The lowest BCUT2D eigenvalue weighted by molar-refractivity contribution is 0.126. The van der Waals surface area contributed by atoms with E-state index >= 15 is 0 Å². The van der Waals surface area contributed by atoms with Gasteiger partial charge in [0.25, 0.3) is 0 Å². The maximum absolute atomic E-state index is 12.3. The SMILES string of the molecule is C=c1ccc2cccc3c2c1=NC(C)(COC(=O)NCCCCCCCCCCCCCCCCC)N3. The van der Waals surface area contributed by atoms with E-state index in [4.69, 9.17) is 9.73 Å². The summed E-state index contributed by atoms with van der Waals surface area (Å²) >= 11 is 0. The number of rotatable bonds is 18. The van der Waals surface area contributed by atoms with E-state index in [2.05, 4.69) is 36.3 Å². The summed E-state index contributed by atoms with van der Waals surface area (Å²) in [6.45, 7) is 9.18. The molecule has 0 bridgehead atoms. The fourth-order valence-corrected chi connectivity index (χ4v) is 5.21. The van der Waals surface area contributed by atoms with Crippen molar-refractivity contribution in [3.05, 3.63) is 40.9 Å². The molecule has 0 spiro atoms. The third-order valence-electron chi connectivity index (χ3n) is 7.40. The molecule has 5 nitrogen and oxygen atoms in total. The van der Waals surface area contributed by atoms with Crippen LogP contribution < -0.4 is 21.2 Å². The van der Waals surface area contributed by atoms with Crippen LogP contribution in [0.3, 0.4) is 0 Å². The molecule has 2 aromatic rings. The highest BCUT2D eigenvalue weighted by Crippen LogP contribution is 2.27. The Kier molecular flexibility index (Phi) is 12.3. The van der Waals surface area contributed by atoms with E-state index in [9.17, 15) is 4.79 Å². The molecule has 1 amide bonds. The van der Waals surface area contributed by atoms with Crippen molar-refractivity contribution < 1.29 is 9.53 Å². The third-order valence-corrected chi connectivity index (χ3v) is 7.40. The number of nitrogens with zero attached hydrogens (tertiary/aromatic N) is 1. The number of nitrogens with one attached hydrogen (secondary N) is 2. The monoisotopic (exact) mass is 507 g/mol. The van der Waals surface area contributed by atoms with Gasteiger partial charge in [0, 0.05) is 17.6 Å². The summed E-state index contributed by atoms with van der Waals surface area (Å²) in [5, 5.41) is 10.3. The minimum absolute atomic E-state index is 0.155. The molecule has 0 saturated carbocycles. The first-order valence-electron chi connectivity index (χ1n) is 14.8. The molecule has 1 aliphatic heterocycles. The molecule has 1 aliphatic rings. The average molecular weight is 508 g/mol. The van der Waals surface area contributed by atoms with Gasteiger partial charge in [-0.25, -0.2) is 4.79 Å². The normalized spacial score (nSPS) is 16.3. The number of benzene rings is 2. The number of carbonyl (C=O) groups excluding carboxylic acids is 1. The summed E-state index contributed by atoms with van der Waals surface area (Å²) in [6, 6.07) is 10.2. The van der Waals surface area contributed by atoms with Crippen LogP contribution in [0.25, 0.3) is 17.4 Å². The molecule has 37 heavy (non-hydrogen) atoms. The summed E-state index contributed by atoms with van der Waals surface area (Å²) in [6.07, 6.45) is 19.7. The Balaban J connectivity index is 1.21. The van der Waals surface area contributed by atoms with E-state index in [0.717, 1.165) is 39.9 Å². The first kappa shape index (κ1) is 29.0. The maximum atomic E-state index is 12.3. The smallest absolute Gasteiger partial charge is 0.407 e. The van der Waals surface area contributed by atoms with E-state index in [1.165, 1.54) is 83.5 Å². The van der Waals surface area contributed by atoms with Crippen LogP contribution in [0.2, 0.25) is 0 Å². The van der Waals surface area contributed by atoms with Gasteiger partial charge in [-0.2, -0.15) is 0 Å². The Labute approximate surface area is 224 Å². The lowest BCUT2D eigenvalue weighted by Crippen LogP contribution is -2.46. The van der Waals surface area contributed by atoms with Crippen molar-refractivity contribution in [1.29, 1.82) is 0 Å². The predicted octanol–water partition coefficient (Wildman–Crippen LogP) is 7.61. The van der Waals surface area contributed by atoms with Gasteiger partial charge in [0.15, 0.2) is 5.66 Å². The quantitative estimate of drug-likeness (QED) is 0.204. The van der Waals surface area contributed by atoms with Crippen LogP contribution in [0.15, 0.2) is 35.3 Å². The molecule has 2 aromatic carbocycles. The largest absolute Gasteiger partial charge is 0.445 e. The van der Waals surface area contributed by atoms with Crippen LogP contribution in [0.4, 0.5) is 10.5 Å². The molecule has 5 heteroatoms. The van der Waals surface area contributed by atoms with Crippen molar-refractivity contribution >= 4 is 29.1 Å². The van der Waals surface area contributed by atoms with Crippen LogP contribution in [0.5, 0.6) is 0 Å². The van der Waals surface area contributed by atoms with E-state index < -0.39 is 5.66 Å². The molecule has 0 saturated heterocycles. The summed E-state index contributed by atoms with van der Waals surface area (Å²) < 4.78 is 5.53. The summed E-state index contributed by atoms with van der Waals surface area (Å²) in [5.41, 5.74) is 0.276. The van der Waals surface area contributed by atoms with E-state index in [0.29, 0.717) is 6.54 Å².